The van der Waals surface area contributed by atoms with Gasteiger partial charge in [0, 0.05) is 5.69 Å². The molecule has 0 unspecified atom stereocenters. The Balaban J connectivity index is 2.43. The number of aryl methyl sites for hydroxylation is 2. The van der Waals surface area contributed by atoms with Gasteiger partial charge in [-0.3, -0.25) is 15.5 Å². The van der Waals surface area contributed by atoms with Gasteiger partial charge in [-0.2, -0.15) is 4.98 Å². The zero-order chi connectivity index (χ0) is 14.7. The van der Waals surface area contributed by atoms with Gasteiger partial charge in [0.25, 0.3) is 0 Å². The van der Waals surface area contributed by atoms with Gasteiger partial charge in [-0.25, -0.2) is 10.8 Å². The molecule has 0 saturated carbocycles. The molecule has 0 saturated heterocycles. The van der Waals surface area contributed by atoms with Crippen LogP contribution < -0.4 is 16.6 Å². The van der Waals surface area contributed by atoms with E-state index in [1.807, 2.05) is 32.0 Å². The third-order valence-corrected chi connectivity index (χ3v) is 2.73. The van der Waals surface area contributed by atoms with Gasteiger partial charge in [0.2, 0.25) is 11.8 Å². The Hall–Kier alpha value is -2.74. The van der Waals surface area contributed by atoms with E-state index in [1.165, 1.54) is 0 Å². The molecule has 0 aliphatic heterocycles. The Morgan fingerprint density at radius 1 is 1.35 bits per heavy atom. The van der Waals surface area contributed by atoms with Gasteiger partial charge in [0.05, 0.1) is 4.92 Å². The first-order valence-electron chi connectivity index (χ1n) is 5.83. The second-order valence-corrected chi connectivity index (χ2v) is 4.27. The molecule has 0 spiro atoms. The average molecular weight is 274 g/mol. The first-order valence-corrected chi connectivity index (χ1v) is 5.83. The predicted molar refractivity (Wildman–Crippen MR) is 75.7 cm³/mol. The minimum Gasteiger partial charge on any atom is -0.334 e. The zero-order valence-electron chi connectivity index (χ0n) is 11.0. The first-order chi connectivity index (χ1) is 9.51. The molecule has 8 nitrogen and oxygen atoms in total. The van der Waals surface area contributed by atoms with Crippen LogP contribution in [0.15, 0.2) is 24.4 Å². The summed E-state index contributed by atoms with van der Waals surface area (Å²) in [7, 11) is 0. The Morgan fingerprint density at radius 3 is 2.70 bits per heavy atom. The maximum Gasteiger partial charge on any atom is 0.329 e. The van der Waals surface area contributed by atoms with Crippen molar-refractivity contribution in [1.29, 1.82) is 0 Å². The minimum absolute atomic E-state index is 0.0879. The van der Waals surface area contributed by atoms with Gasteiger partial charge < -0.3 is 5.32 Å². The number of aromatic nitrogens is 2. The minimum atomic E-state index is -0.549. The highest BCUT2D eigenvalue weighted by atomic mass is 16.6. The van der Waals surface area contributed by atoms with Crippen molar-refractivity contribution < 1.29 is 4.92 Å². The smallest absolute Gasteiger partial charge is 0.329 e. The van der Waals surface area contributed by atoms with E-state index in [-0.39, 0.29) is 17.5 Å². The van der Waals surface area contributed by atoms with Crippen LogP contribution in [0.25, 0.3) is 0 Å². The molecule has 0 aliphatic carbocycles. The lowest BCUT2D eigenvalue weighted by Crippen LogP contribution is -2.12. The molecule has 8 heteroatoms. The highest BCUT2D eigenvalue weighted by Crippen LogP contribution is 2.27. The summed E-state index contributed by atoms with van der Waals surface area (Å²) in [5.74, 6) is 5.40. The lowest BCUT2D eigenvalue weighted by molar-refractivity contribution is -0.384. The maximum atomic E-state index is 11.0. The second kappa shape index (κ2) is 5.49. The molecular weight excluding hydrogens is 260 g/mol. The van der Waals surface area contributed by atoms with Crippen LogP contribution in [0.2, 0.25) is 0 Å². The lowest BCUT2D eigenvalue weighted by atomic mass is 10.1. The quantitative estimate of drug-likeness (QED) is 0.443. The molecule has 1 aromatic carbocycles. The van der Waals surface area contributed by atoms with Crippen molar-refractivity contribution in [2.75, 3.05) is 10.7 Å². The van der Waals surface area contributed by atoms with E-state index >= 15 is 0 Å². The molecule has 2 aromatic rings. The Bertz CT molecular complexity index is 658. The van der Waals surface area contributed by atoms with E-state index in [2.05, 4.69) is 20.7 Å². The first kappa shape index (κ1) is 13.7. The zero-order valence-corrected chi connectivity index (χ0v) is 11.0. The molecule has 104 valence electrons. The Morgan fingerprint density at radius 2 is 2.10 bits per heavy atom. The van der Waals surface area contributed by atoms with E-state index in [4.69, 9.17) is 5.84 Å². The number of hydrazine groups is 1. The number of nitrogens with two attached hydrogens (primary N) is 1. The summed E-state index contributed by atoms with van der Waals surface area (Å²) in [6, 6.07) is 5.72. The number of nitrogen functional groups attached to an aromatic ring is 1. The van der Waals surface area contributed by atoms with Gasteiger partial charge in [0.1, 0.15) is 6.20 Å². The van der Waals surface area contributed by atoms with Crippen molar-refractivity contribution in [3.8, 4) is 0 Å². The maximum absolute atomic E-state index is 11.0. The fraction of sp³-hybridized carbons (Fsp3) is 0.167. The number of nitrogens with one attached hydrogen (secondary N) is 2. The van der Waals surface area contributed by atoms with Crippen molar-refractivity contribution in [1.82, 2.24) is 9.97 Å². The van der Waals surface area contributed by atoms with Crippen LogP contribution in [-0.4, -0.2) is 14.9 Å². The number of nitrogens with zero attached hydrogens (tertiary/aromatic N) is 3. The molecule has 4 N–H and O–H groups in total. The van der Waals surface area contributed by atoms with E-state index < -0.39 is 4.92 Å². The molecule has 0 atom stereocenters. The van der Waals surface area contributed by atoms with Crippen molar-refractivity contribution >= 4 is 23.1 Å². The largest absolute Gasteiger partial charge is 0.334 e. The highest BCUT2D eigenvalue weighted by Gasteiger charge is 2.17. The number of benzene rings is 1. The van der Waals surface area contributed by atoms with E-state index in [9.17, 15) is 10.1 Å². The molecule has 0 radical (unpaired) electrons. The van der Waals surface area contributed by atoms with Crippen LogP contribution in [-0.2, 0) is 0 Å². The summed E-state index contributed by atoms with van der Waals surface area (Å²) in [5, 5.41) is 13.9. The van der Waals surface area contributed by atoms with E-state index in [1.54, 1.807) is 0 Å². The van der Waals surface area contributed by atoms with Crippen LogP contribution in [0.4, 0.5) is 23.1 Å². The molecule has 2 rings (SSSR count). The molecule has 0 bridgehead atoms. The molecule has 0 amide bonds. The van der Waals surface area contributed by atoms with Gasteiger partial charge in [0.15, 0.2) is 0 Å². The van der Waals surface area contributed by atoms with E-state index in [0.29, 0.717) is 0 Å². The van der Waals surface area contributed by atoms with Crippen LogP contribution in [0.5, 0.6) is 0 Å². The number of hydrogen-bond acceptors (Lipinski definition) is 7. The van der Waals surface area contributed by atoms with E-state index in [0.717, 1.165) is 23.0 Å². The number of anilines is 3. The van der Waals surface area contributed by atoms with Gasteiger partial charge in [-0.05, 0) is 25.5 Å². The van der Waals surface area contributed by atoms with Crippen molar-refractivity contribution in [2.24, 2.45) is 5.84 Å². The summed E-state index contributed by atoms with van der Waals surface area (Å²) < 4.78 is 0. The van der Waals surface area contributed by atoms with Crippen LogP contribution in [0, 0.1) is 24.0 Å². The number of nitro groups is 1. The summed E-state index contributed by atoms with van der Waals surface area (Å²) >= 11 is 0. The number of rotatable bonds is 4. The number of hydrogen-bond donors (Lipinski definition) is 3. The normalized spacial score (nSPS) is 10.2. The summed E-state index contributed by atoms with van der Waals surface area (Å²) in [5.41, 5.74) is 4.84. The van der Waals surface area contributed by atoms with Crippen LogP contribution >= 0.6 is 0 Å². The van der Waals surface area contributed by atoms with Crippen molar-refractivity contribution in [3.05, 3.63) is 45.6 Å². The topological polar surface area (TPSA) is 119 Å². The summed E-state index contributed by atoms with van der Waals surface area (Å²) in [4.78, 5) is 18.1. The second-order valence-electron chi connectivity index (χ2n) is 4.27. The van der Waals surface area contributed by atoms with Gasteiger partial charge in [-0.1, -0.05) is 17.7 Å². The van der Waals surface area contributed by atoms with Gasteiger partial charge in [-0.15, -0.1) is 0 Å². The van der Waals surface area contributed by atoms with Crippen molar-refractivity contribution in [3.63, 3.8) is 0 Å². The third kappa shape index (κ3) is 2.81. The Labute approximate surface area is 115 Å². The average Bonchev–Trinajstić information content (AvgIpc) is 2.41. The highest BCUT2D eigenvalue weighted by molar-refractivity contribution is 5.68. The molecule has 1 aromatic heterocycles. The summed E-state index contributed by atoms with van der Waals surface area (Å²) in [6.07, 6.45) is 1.11. The van der Waals surface area contributed by atoms with Gasteiger partial charge >= 0.3 is 5.69 Å². The lowest BCUT2D eigenvalue weighted by Gasteiger charge is -2.10. The SMILES string of the molecule is Cc1ccc(Nc2nc(NN)ncc2[N+](=O)[O-])c(C)c1. The fourth-order valence-corrected chi connectivity index (χ4v) is 1.75. The Kier molecular flexibility index (Phi) is 3.76. The van der Waals surface area contributed by atoms with Crippen LogP contribution in [0.1, 0.15) is 11.1 Å². The molecule has 1 heterocycles. The van der Waals surface area contributed by atoms with Crippen molar-refractivity contribution in [2.45, 2.75) is 13.8 Å². The summed E-state index contributed by atoms with van der Waals surface area (Å²) in [6.45, 7) is 3.88. The fourth-order valence-electron chi connectivity index (χ4n) is 1.75. The molecule has 0 aliphatic rings. The molecule has 20 heavy (non-hydrogen) atoms. The molecular formula is C12H14N6O2. The molecule has 0 fully saturated rings. The monoisotopic (exact) mass is 274 g/mol. The third-order valence-electron chi connectivity index (χ3n) is 2.73. The standard InChI is InChI=1S/C12H14N6O2/c1-7-3-4-9(8(2)5-7)15-11-10(18(19)20)6-14-12(16-11)17-13/h3-6H,13H2,1-2H3,(H2,14,15,16,17). The predicted octanol–water partition coefficient (Wildman–Crippen LogP) is 2.03. The van der Waals surface area contributed by atoms with Crippen LogP contribution in [0.3, 0.4) is 0 Å².